The number of nitrogens with zero attached hydrogens (tertiary/aromatic N) is 1. The second-order valence-corrected chi connectivity index (χ2v) is 5.03. The summed E-state index contributed by atoms with van der Waals surface area (Å²) < 4.78 is 0. The summed E-state index contributed by atoms with van der Waals surface area (Å²) in [5, 5.41) is 1.10. The van der Waals surface area contributed by atoms with Gasteiger partial charge in [0.15, 0.2) is 0 Å². The fourth-order valence-electron chi connectivity index (χ4n) is 1.66. The zero-order valence-electron chi connectivity index (χ0n) is 10.1. The van der Waals surface area contributed by atoms with Gasteiger partial charge in [0.1, 0.15) is 0 Å². The van der Waals surface area contributed by atoms with Gasteiger partial charge < -0.3 is 4.90 Å². The van der Waals surface area contributed by atoms with Gasteiger partial charge in [0.2, 0.25) is 0 Å². The van der Waals surface area contributed by atoms with Crippen LogP contribution in [0.5, 0.6) is 0 Å². The summed E-state index contributed by atoms with van der Waals surface area (Å²) in [4.78, 5) is 2.56. The summed E-state index contributed by atoms with van der Waals surface area (Å²) in [6.07, 6.45) is 6.93. The molecule has 0 aromatic heterocycles. The fourth-order valence-corrected chi connectivity index (χ4v) is 2.11. The SMILES string of the molecule is CCCCCCCN(CCBr)C(C)C. The predicted octanol–water partition coefficient (Wildman–Crippen LogP) is 4.06. The van der Waals surface area contributed by atoms with Crippen molar-refractivity contribution >= 4 is 15.9 Å². The largest absolute Gasteiger partial charge is 0.300 e. The van der Waals surface area contributed by atoms with Gasteiger partial charge in [0, 0.05) is 17.9 Å². The molecule has 0 N–H and O–H groups in total. The molecule has 1 nitrogen and oxygen atoms in total. The summed E-state index contributed by atoms with van der Waals surface area (Å²) in [6.45, 7) is 9.30. The van der Waals surface area contributed by atoms with Crippen LogP contribution in [-0.4, -0.2) is 29.4 Å². The van der Waals surface area contributed by atoms with E-state index in [1.807, 2.05) is 0 Å². The van der Waals surface area contributed by atoms with Gasteiger partial charge in [-0.3, -0.25) is 0 Å². The maximum absolute atomic E-state index is 3.51. The fraction of sp³-hybridized carbons (Fsp3) is 1.00. The lowest BCUT2D eigenvalue weighted by molar-refractivity contribution is 0.231. The van der Waals surface area contributed by atoms with Crippen molar-refractivity contribution < 1.29 is 0 Å². The number of hydrogen-bond donors (Lipinski definition) is 0. The van der Waals surface area contributed by atoms with Crippen LogP contribution in [0.4, 0.5) is 0 Å². The zero-order valence-corrected chi connectivity index (χ0v) is 11.6. The molecule has 86 valence electrons. The monoisotopic (exact) mass is 263 g/mol. The van der Waals surface area contributed by atoms with Crippen molar-refractivity contribution in [3.63, 3.8) is 0 Å². The first-order valence-corrected chi connectivity index (χ1v) is 7.14. The third-order valence-corrected chi connectivity index (χ3v) is 3.01. The highest BCUT2D eigenvalue weighted by atomic mass is 79.9. The average Bonchev–Trinajstić information content (AvgIpc) is 2.15. The average molecular weight is 264 g/mol. The maximum Gasteiger partial charge on any atom is 0.0159 e. The van der Waals surface area contributed by atoms with E-state index in [1.54, 1.807) is 0 Å². The second-order valence-electron chi connectivity index (χ2n) is 4.23. The van der Waals surface area contributed by atoms with E-state index < -0.39 is 0 Å². The summed E-state index contributed by atoms with van der Waals surface area (Å²) in [5.74, 6) is 0. The third kappa shape index (κ3) is 7.81. The Kier molecular flexibility index (Phi) is 10.3. The Labute approximate surface area is 98.4 Å². The number of unbranched alkanes of at least 4 members (excludes halogenated alkanes) is 4. The zero-order chi connectivity index (χ0) is 10.8. The molecule has 0 aliphatic heterocycles. The molecule has 2 heteroatoms. The van der Waals surface area contributed by atoms with E-state index in [0.29, 0.717) is 6.04 Å². The second kappa shape index (κ2) is 9.97. The highest BCUT2D eigenvalue weighted by Crippen LogP contribution is 2.06. The van der Waals surface area contributed by atoms with Crippen LogP contribution < -0.4 is 0 Å². The van der Waals surface area contributed by atoms with E-state index in [4.69, 9.17) is 0 Å². The first-order chi connectivity index (χ1) is 6.72. The van der Waals surface area contributed by atoms with E-state index >= 15 is 0 Å². The van der Waals surface area contributed by atoms with Crippen LogP contribution in [0.1, 0.15) is 52.9 Å². The Hall–Kier alpha value is 0.440. The minimum atomic E-state index is 0.693. The number of halogens is 1. The van der Waals surface area contributed by atoms with E-state index in [0.717, 1.165) is 5.33 Å². The van der Waals surface area contributed by atoms with Crippen molar-refractivity contribution in [3.05, 3.63) is 0 Å². The molecular formula is C12H26BrN. The van der Waals surface area contributed by atoms with Crippen molar-refractivity contribution in [1.29, 1.82) is 0 Å². The maximum atomic E-state index is 3.51. The molecule has 0 rings (SSSR count). The molecule has 14 heavy (non-hydrogen) atoms. The van der Waals surface area contributed by atoms with Gasteiger partial charge in [-0.1, -0.05) is 48.5 Å². The number of alkyl halides is 1. The molecule has 0 saturated heterocycles. The van der Waals surface area contributed by atoms with Gasteiger partial charge in [-0.15, -0.1) is 0 Å². The predicted molar refractivity (Wildman–Crippen MR) is 69.3 cm³/mol. The van der Waals surface area contributed by atoms with Crippen LogP contribution in [0.3, 0.4) is 0 Å². The Morgan fingerprint density at radius 1 is 1.00 bits per heavy atom. The van der Waals surface area contributed by atoms with Gasteiger partial charge >= 0.3 is 0 Å². The molecule has 0 radical (unpaired) electrons. The lowest BCUT2D eigenvalue weighted by atomic mass is 10.1. The summed E-state index contributed by atoms with van der Waals surface area (Å²) in [7, 11) is 0. The Bertz CT molecular complexity index is 115. The normalized spacial score (nSPS) is 11.6. The molecule has 0 aromatic rings. The van der Waals surface area contributed by atoms with Crippen molar-refractivity contribution in [3.8, 4) is 0 Å². The Balaban J connectivity index is 3.41. The standard InChI is InChI=1S/C12H26BrN/c1-4-5-6-7-8-10-14(11-9-13)12(2)3/h12H,4-11H2,1-3H3. The first kappa shape index (κ1) is 14.4. The molecule has 0 amide bonds. The van der Waals surface area contributed by atoms with Crippen molar-refractivity contribution in [1.82, 2.24) is 4.90 Å². The van der Waals surface area contributed by atoms with Gasteiger partial charge in [0.05, 0.1) is 0 Å². The molecular weight excluding hydrogens is 238 g/mol. The summed E-state index contributed by atoms with van der Waals surface area (Å²) in [6, 6.07) is 0.693. The minimum Gasteiger partial charge on any atom is -0.300 e. The highest BCUT2D eigenvalue weighted by Gasteiger charge is 2.06. The molecule has 0 atom stereocenters. The number of rotatable bonds is 9. The number of hydrogen-bond acceptors (Lipinski definition) is 1. The van der Waals surface area contributed by atoms with Gasteiger partial charge in [-0.05, 0) is 26.8 Å². The van der Waals surface area contributed by atoms with Crippen molar-refractivity contribution in [2.24, 2.45) is 0 Å². The molecule has 0 saturated carbocycles. The van der Waals surface area contributed by atoms with E-state index in [-0.39, 0.29) is 0 Å². The van der Waals surface area contributed by atoms with Crippen LogP contribution >= 0.6 is 15.9 Å². The van der Waals surface area contributed by atoms with Crippen molar-refractivity contribution in [2.45, 2.75) is 58.9 Å². The first-order valence-electron chi connectivity index (χ1n) is 6.02. The van der Waals surface area contributed by atoms with Crippen molar-refractivity contribution in [2.75, 3.05) is 18.4 Å². The van der Waals surface area contributed by atoms with Gasteiger partial charge in [-0.25, -0.2) is 0 Å². The highest BCUT2D eigenvalue weighted by molar-refractivity contribution is 9.09. The molecule has 0 unspecified atom stereocenters. The van der Waals surface area contributed by atoms with E-state index in [1.165, 1.54) is 45.2 Å². The minimum absolute atomic E-state index is 0.693. The van der Waals surface area contributed by atoms with Gasteiger partial charge in [-0.2, -0.15) is 0 Å². The van der Waals surface area contributed by atoms with E-state index in [2.05, 4.69) is 41.6 Å². The summed E-state index contributed by atoms with van der Waals surface area (Å²) >= 11 is 3.51. The third-order valence-electron chi connectivity index (χ3n) is 2.65. The van der Waals surface area contributed by atoms with Crippen LogP contribution in [-0.2, 0) is 0 Å². The lowest BCUT2D eigenvalue weighted by Crippen LogP contribution is -2.33. The lowest BCUT2D eigenvalue weighted by Gasteiger charge is -2.25. The van der Waals surface area contributed by atoms with Crippen LogP contribution in [0.15, 0.2) is 0 Å². The molecule has 0 fully saturated rings. The topological polar surface area (TPSA) is 3.24 Å². The van der Waals surface area contributed by atoms with E-state index in [9.17, 15) is 0 Å². The quantitative estimate of drug-likeness (QED) is 0.448. The molecule has 0 aliphatic rings. The van der Waals surface area contributed by atoms with Crippen LogP contribution in [0.2, 0.25) is 0 Å². The smallest absolute Gasteiger partial charge is 0.0159 e. The molecule has 0 aliphatic carbocycles. The molecule has 0 spiro atoms. The molecule has 0 aromatic carbocycles. The van der Waals surface area contributed by atoms with Crippen LogP contribution in [0.25, 0.3) is 0 Å². The molecule has 0 heterocycles. The van der Waals surface area contributed by atoms with Crippen LogP contribution in [0, 0.1) is 0 Å². The molecule has 0 bridgehead atoms. The Morgan fingerprint density at radius 2 is 1.64 bits per heavy atom. The summed E-state index contributed by atoms with van der Waals surface area (Å²) in [5.41, 5.74) is 0. The van der Waals surface area contributed by atoms with Gasteiger partial charge in [0.25, 0.3) is 0 Å². The Morgan fingerprint density at radius 3 is 2.14 bits per heavy atom.